The van der Waals surface area contributed by atoms with E-state index < -0.39 is 0 Å². The SMILES string of the molecule is C[C@H]1C[C@@H](C(=O)NCC2(c3ccc(Br)cc3)CCCC2)CCN1.Cl. The van der Waals surface area contributed by atoms with Crippen LogP contribution in [0.5, 0.6) is 0 Å². The highest BCUT2D eigenvalue weighted by Crippen LogP contribution is 2.41. The molecule has 1 aromatic rings. The van der Waals surface area contributed by atoms with Crippen molar-refractivity contribution in [1.29, 1.82) is 0 Å². The lowest BCUT2D eigenvalue weighted by Crippen LogP contribution is -2.45. The normalized spacial score (nSPS) is 25.8. The molecule has 0 bridgehead atoms. The second kappa shape index (κ2) is 8.68. The Morgan fingerprint density at radius 3 is 2.58 bits per heavy atom. The van der Waals surface area contributed by atoms with E-state index in [1.807, 2.05) is 0 Å². The number of nitrogens with one attached hydrogen (secondary N) is 2. The Kier molecular flexibility index (Phi) is 7.14. The third-order valence-electron chi connectivity index (χ3n) is 5.61. The zero-order valence-corrected chi connectivity index (χ0v) is 16.7. The van der Waals surface area contributed by atoms with Crippen molar-refractivity contribution in [2.45, 2.75) is 56.9 Å². The standard InChI is InChI=1S/C19H27BrN2O.ClH/c1-14-12-15(8-11-21-14)18(23)22-13-19(9-2-3-10-19)16-4-6-17(20)7-5-16;/h4-7,14-15,21H,2-3,8-13H2,1H3,(H,22,23);1H/t14-,15-;/m0./s1. The van der Waals surface area contributed by atoms with Gasteiger partial charge >= 0.3 is 0 Å². The lowest BCUT2D eigenvalue weighted by atomic mass is 9.78. The third-order valence-corrected chi connectivity index (χ3v) is 6.14. The second-order valence-corrected chi connectivity index (χ2v) is 8.20. The number of hydrogen-bond acceptors (Lipinski definition) is 2. The van der Waals surface area contributed by atoms with Crippen LogP contribution in [0.2, 0.25) is 0 Å². The van der Waals surface area contributed by atoms with Gasteiger partial charge in [0.05, 0.1) is 0 Å². The van der Waals surface area contributed by atoms with E-state index in [-0.39, 0.29) is 29.6 Å². The van der Waals surface area contributed by atoms with Gasteiger partial charge in [-0.15, -0.1) is 12.4 Å². The van der Waals surface area contributed by atoms with Gasteiger partial charge in [-0.25, -0.2) is 0 Å². The first kappa shape index (κ1) is 19.7. The Morgan fingerprint density at radius 1 is 1.29 bits per heavy atom. The number of hydrogen-bond donors (Lipinski definition) is 2. The minimum atomic E-state index is 0. The van der Waals surface area contributed by atoms with Crippen LogP contribution in [0.1, 0.15) is 51.0 Å². The molecule has 1 amide bonds. The van der Waals surface area contributed by atoms with Gasteiger partial charge < -0.3 is 10.6 Å². The Bertz CT molecular complexity index is 543. The van der Waals surface area contributed by atoms with Crippen molar-refractivity contribution < 1.29 is 4.79 Å². The van der Waals surface area contributed by atoms with Crippen molar-refractivity contribution in [1.82, 2.24) is 10.6 Å². The Hall–Kier alpha value is -0.580. The number of rotatable bonds is 4. The van der Waals surface area contributed by atoms with Gasteiger partial charge in [-0.05, 0) is 56.8 Å². The van der Waals surface area contributed by atoms with Crippen molar-refractivity contribution >= 4 is 34.2 Å². The van der Waals surface area contributed by atoms with Gasteiger partial charge in [-0.3, -0.25) is 4.79 Å². The first-order valence-electron chi connectivity index (χ1n) is 8.86. The van der Waals surface area contributed by atoms with Crippen molar-refractivity contribution in [2.75, 3.05) is 13.1 Å². The van der Waals surface area contributed by atoms with E-state index in [9.17, 15) is 4.79 Å². The van der Waals surface area contributed by atoms with Crippen molar-refractivity contribution in [3.8, 4) is 0 Å². The maximum Gasteiger partial charge on any atom is 0.223 e. The predicted molar refractivity (Wildman–Crippen MR) is 105 cm³/mol. The number of amides is 1. The number of benzene rings is 1. The van der Waals surface area contributed by atoms with Crippen LogP contribution in [0.3, 0.4) is 0 Å². The van der Waals surface area contributed by atoms with Crippen molar-refractivity contribution in [2.24, 2.45) is 5.92 Å². The quantitative estimate of drug-likeness (QED) is 0.774. The summed E-state index contributed by atoms with van der Waals surface area (Å²) in [5.74, 6) is 0.427. The summed E-state index contributed by atoms with van der Waals surface area (Å²) < 4.78 is 1.11. The second-order valence-electron chi connectivity index (χ2n) is 7.29. The van der Waals surface area contributed by atoms with Gasteiger partial charge in [-0.1, -0.05) is 40.9 Å². The minimum Gasteiger partial charge on any atom is -0.355 e. The fourth-order valence-corrected chi connectivity index (χ4v) is 4.46. The van der Waals surface area contributed by atoms with Gasteiger partial charge in [0, 0.05) is 28.4 Å². The largest absolute Gasteiger partial charge is 0.355 e. The molecule has 0 unspecified atom stereocenters. The molecule has 0 radical (unpaired) electrons. The Balaban J connectivity index is 0.00000208. The summed E-state index contributed by atoms with van der Waals surface area (Å²) in [6.07, 6.45) is 6.79. The molecular weight excluding hydrogens is 388 g/mol. The number of piperidine rings is 1. The topological polar surface area (TPSA) is 41.1 Å². The van der Waals surface area contributed by atoms with Crippen molar-refractivity contribution in [3.63, 3.8) is 0 Å². The van der Waals surface area contributed by atoms with E-state index in [1.54, 1.807) is 0 Å². The van der Waals surface area contributed by atoms with Gasteiger partial charge in [0.2, 0.25) is 5.91 Å². The zero-order valence-electron chi connectivity index (χ0n) is 14.3. The molecule has 1 aliphatic heterocycles. The summed E-state index contributed by atoms with van der Waals surface area (Å²) in [5.41, 5.74) is 1.51. The van der Waals surface area contributed by atoms with E-state index in [0.29, 0.717) is 6.04 Å². The Labute approximate surface area is 159 Å². The van der Waals surface area contributed by atoms with E-state index in [1.165, 1.54) is 31.2 Å². The fourth-order valence-electron chi connectivity index (χ4n) is 4.19. The highest BCUT2D eigenvalue weighted by molar-refractivity contribution is 9.10. The fraction of sp³-hybridized carbons (Fsp3) is 0.632. The van der Waals surface area contributed by atoms with Crippen LogP contribution >= 0.6 is 28.3 Å². The molecule has 3 rings (SSSR count). The highest BCUT2D eigenvalue weighted by atomic mass is 79.9. The zero-order chi connectivity index (χ0) is 16.3. The monoisotopic (exact) mass is 414 g/mol. The molecule has 1 saturated carbocycles. The highest BCUT2D eigenvalue weighted by Gasteiger charge is 2.36. The van der Waals surface area contributed by atoms with Crippen LogP contribution in [-0.4, -0.2) is 25.0 Å². The van der Waals surface area contributed by atoms with Gasteiger partial charge in [0.15, 0.2) is 0 Å². The van der Waals surface area contributed by atoms with Gasteiger partial charge in [0.25, 0.3) is 0 Å². The molecule has 1 aliphatic carbocycles. The first-order chi connectivity index (χ1) is 11.1. The first-order valence-corrected chi connectivity index (χ1v) is 9.65. The molecule has 0 spiro atoms. The molecule has 1 aromatic carbocycles. The summed E-state index contributed by atoms with van der Waals surface area (Å²) in [4.78, 5) is 12.6. The summed E-state index contributed by atoms with van der Waals surface area (Å²) in [6, 6.07) is 9.12. The predicted octanol–water partition coefficient (Wildman–Crippen LogP) is 4.19. The van der Waals surface area contributed by atoms with Crippen molar-refractivity contribution in [3.05, 3.63) is 34.3 Å². The number of carbonyl (C=O) groups excluding carboxylic acids is 1. The summed E-state index contributed by atoms with van der Waals surface area (Å²) >= 11 is 3.52. The van der Waals surface area contributed by atoms with Gasteiger partial charge in [-0.2, -0.15) is 0 Å². The lowest BCUT2D eigenvalue weighted by Gasteiger charge is -2.32. The molecule has 5 heteroatoms. The van der Waals surface area contributed by atoms with Gasteiger partial charge in [0.1, 0.15) is 0 Å². The molecule has 0 aromatic heterocycles. The number of carbonyl (C=O) groups is 1. The maximum absolute atomic E-state index is 12.6. The van der Waals surface area contributed by atoms with E-state index in [0.717, 1.165) is 30.4 Å². The average molecular weight is 416 g/mol. The lowest BCUT2D eigenvalue weighted by molar-refractivity contribution is -0.126. The van der Waals surface area contributed by atoms with Crippen LogP contribution in [0.4, 0.5) is 0 Å². The molecule has 2 aliphatic rings. The summed E-state index contributed by atoms with van der Waals surface area (Å²) in [5, 5.41) is 6.71. The molecule has 3 nitrogen and oxygen atoms in total. The molecule has 134 valence electrons. The molecule has 1 heterocycles. The third kappa shape index (κ3) is 4.53. The van der Waals surface area contributed by atoms with E-state index in [2.05, 4.69) is 57.8 Å². The van der Waals surface area contributed by atoms with Crippen LogP contribution in [-0.2, 0) is 10.2 Å². The molecule has 2 fully saturated rings. The molecule has 2 atom stereocenters. The van der Waals surface area contributed by atoms with E-state index >= 15 is 0 Å². The molecule has 24 heavy (non-hydrogen) atoms. The maximum atomic E-state index is 12.6. The van der Waals surface area contributed by atoms with Crippen LogP contribution in [0, 0.1) is 5.92 Å². The Morgan fingerprint density at radius 2 is 1.96 bits per heavy atom. The van der Waals surface area contributed by atoms with E-state index in [4.69, 9.17) is 0 Å². The summed E-state index contributed by atoms with van der Waals surface area (Å²) in [6.45, 7) is 3.91. The van der Waals surface area contributed by atoms with Crippen LogP contribution in [0.15, 0.2) is 28.7 Å². The minimum absolute atomic E-state index is 0. The smallest absolute Gasteiger partial charge is 0.223 e. The molecule has 1 saturated heterocycles. The molecule has 2 N–H and O–H groups in total. The van der Waals surface area contributed by atoms with Crippen LogP contribution < -0.4 is 10.6 Å². The van der Waals surface area contributed by atoms with Crippen LogP contribution in [0.25, 0.3) is 0 Å². The summed E-state index contributed by atoms with van der Waals surface area (Å²) in [7, 11) is 0. The number of halogens is 2. The average Bonchev–Trinajstić information content (AvgIpc) is 3.03. The molecular formula is C19H28BrClN2O.